The molecule has 110 valence electrons. The van der Waals surface area contributed by atoms with E-state index in [-0.39, 0.29) is 16.5 Å². The van der Waals surface area contributed by atoms with Crippen molar-refractivity contribution >= 4 is 25.6 Å². The van der Waals surface area contributed by atoms with Gasteiger partial charge in [-0.25, -0.2) is 12.8 Å². The highest BCUT2D eigenvalue weighted by atomic mass is 35.7. The normalized spacial score (nSPS) is 19.9. The summed E-state index contributed by atoms with van der Waals surface area (Å²) in [4.78, 5) is 13.7. The summed E-state index contributed by atoms with van der Waals surface area (Å²) < 4.78 is 36.4. The highest BCUT2D eigenvalue weighted by Gasteiger charge is 2.29. The first-order chi connectivity index (χ1) is 9.30. The topological polar surface area (TPSA) is 54.5 Å². The van der Waals surface area contributed by atoms with Gasteiger partial charge in [0.05, 0.1) is 10.5 Å². The van der Waals surface area contributed by atoms with Gasteiger partial charge in [0.2, 0.25) is 0 Å². The second kappa shape index (κ2) is 5.69. The van der Waals surface area contributed by atoms with Crippen LogP contribution in [0.4, 0.5) is 4.39 Å². The van der Waals surface area contributed by atoms with E-state index in [4.69, 9.17) is 10.7 Å². The van der Waals surface area contributed by atoms with Crippen LogP contribution in [0.1, 0.15) is 36.5 Å². The van der Waals surface area contributed by atoms with E-state index >= 15 is 0 Å². The number of amides is 1. The van der Waals surface area contributed by atoms with E-state index in [9.17, 15) is 17.6 Å². The Hall–Kier alpha value is -1.14. The molecule has 1 amide bonds. The van der Waals surface area contributed by atoms with E-state index in [0.717, 1.165) is 37.5 Å². The van der Waals surface area contributed by atoms with Gasteiger partial charge in [-0.1, -0.05) is 0 Å². The van der Waals surface area contributed by atoms with Gasteiger partial charge in [-0.2, -0.15) is 0 Å². The van der Waals surface area contributed by atoms with Gasteiger partial charge >= 0.3 is 0 Å². The van der Waals surface area contributed by atoms with E-state index < -0.39 is 20.8 Å². The first-order valence-corrected chi connectivity index (χ1v) is 8.67. The molecule has 1 atom stereocenters. The van der Waals surface area contributed by atoms with E-state index in [1.54, 1.807) is 4.90 Å². The molecule has 1 aromatic rings. The Morgan fingerprint density at radius 1 is 1.40 bits per heavy atom. The smallest absolute Gasteiger partial charge is 0.262 e. The largest absolute Gasteiger partial charge is 0.336 e. The van der Waals surface area contributed by atoms with Crippen molar-refractivity contribution in [1.82, 2.24) is 4.90 Å². The van der Waals surface area contributed by atoms with Crippen LogP contribution in [-0.2, 0) is 9.05 Å². The highest BCUT2D eigenvalue weighted by Crippen LogP contribution is 2.25. The molecule has 0 saturated carbocycles. The minimum atomic E-state index is -4.09. The van der Waals surface area contributed by atoms with Crippen LogP contribution in [-0.4, -0.2) is 31.8 Å². The van der Waals surface area contributed by atoms with Crippen LogP contribution >= 0.6 is 10.7 Å². The third kappa shape index (κ3) is 3.12. The van der Waals surface area contributed by atoms with Crippen molar-refractivity contribution in [3.8, 4) is 0 Å². The fourth-order valence-electron chi connectivity index (χ4n) is 2.44. The second-order valence-corrected chi connectivity index (χ2v) is 7.46. The average molecular weight is 320 g/mol. The number of halogens is 2. The van der Waals surface area contributed by atoms with Gasteiger partial charge in [-0.15, -0.1) is 0 Å². The lowest BCUT2D eigenvalue weighted by molar-refractivity contribution is 0.0631. The van der Waals surface area contributed by atoms with Crippen molar-refractivity contribution in [3.05, 3.63) is 29.6 Å². The number of rotatable bonds is 2. The van der Waals surface area contributed by atoms with Crippen LogP contribution in [0.2, 0.25) is 0 Å². The predicted octanol–water partition coefficient (Wildman–Crippen LogP) is 2.77. The third-order valence-electron chi connectivity index (χ3n) is 3.50. The first-order valence-electron chi connectivity index (χ1n) is 6.36. The number of nitrogens with zero attached hydrogens (tertiary/aromatic N) is 1. The molecule has 0 radical (unpaired) electrons. The number of carbonyl (C=O) groups excluding carboxylic acids is 1. The molecule has 0 aliphatic carbocycles. The Bertz CT molecular complexity index is 633. The molecule has 1 saturated heterocycles. The van der Waals surface area contributed by atoms with Crippen LogP contribution < -0.4 is 0 Å². The van der Waals surface area contributed by atoms with Crippen LogP contribution in [0.15, 0.2) is 23.1 Å². The Kier molecular flexibility index (Phi) is 4.34. The van der Waals surface area contributed by atoms with E-state index in [1.165, 1.54) is 0 Å². The van der Waals surface area contributed by atoms with Gasteiger partial charge in [-0.3, -0.25) is 4.79 Å². The lowest BCUT2D eigenvalue weighted by Crippen LogP contribution is -2.42. The molecular weight excluding hydrogens is 305 g/mol. The lowest BCUT2D eigenvalue weighted by Gasteiger charge is -2.33. The Morgan fingerprint density at radius 2 is 2.10 bits per heavy atom. The number of likely N-dealkylation sites (tertiary alicyclic amines) is 1. The number of piperidine rings is 1. The summed E-state index contributed by atoms with van der Waals surface area (Å²) in [5, 5.41) is 0. The van der Waals surface area contributed by atoms with Crippen LogP contribution in [0.25, 0.3) is 0 Å². The van der Waals surface area contributed by atoms with Crippen molar-refractivity contribution in [2.75, 3.05) is 6.54 Å². The van der Waals surface area contributed by atoms with Gasteiger partial charge in [0.15, 0.2) is 0 Å². The maximum atomic E-state index is 13.4. The fourth-order valence-corrected chi connectivity index (χ4v) is 3.48. The Balaban J connectivity index is 2.46. The Labute approximate surface area is 121 Å². The molecule has 1 aromatic carbocycles. The molecule has 0 bridgehead atoms. The van der Waals surface area contributed by atoms with E-state index in [0.29, 0.717) is 6.54 Å². The molecule has 4 nitrogen and oxygen atoms in total. The van der Waals surface area contributed by atoms with Gasteiger partial charge in [0, 0.05) is 23.3 Å². The molecule has 0 aromatic heterocycles. The summed E-state index contributed by atoms with van der Waals surface area (Å²) in [7, 11) is 1.22. The van der Waals surface area contributed by atoms with Gasteiger partial charge in [-0.05, 0) is 44.4 Å². The molecule has 7 heteroatoms. The first kappa shape index (κ1) is 15.3. The minimum absolute atomic E-state index is 0.00500. The molecule has 1 aliphatic heterocycles. The molecule has 1 unspecified atom stereocenters. The monoisotopic (exact) mass is 319 g/mol. The maximum absolute atomic E-state index is 13.4. The van der Waals surface area contributed by atoms with Crippen molar-refractivity contribution in [2.24, 2.45) is 0 Å². The van der Waals surface area contributed by atoms with Crippen LogP contribution in [0.3, 0.4) is 0 Å². The minimum Gasteiger partial charge on any atom is -0.336 e. The van der Waals surface area contributed by atoms with E-state index in [2.05, 4.69) is 0 Å². The SMILES string of the molecule is CC1CCCCN1C(=O)c1cc(F)ccc1S(=O)(=O)Cl. The molecule has 2 rings (SSSR count). The maximum Gasteiger partial charge on any atom is 0.262 e. The zero-order chi connectivity index (χ0) is 14.9. The summed E-state index contributed by atoms with van der Waals surface area (Å²) >= 11 is 0. The summed E-state index contributed by atoms with van der Waals surface area (Å²) in [5.41, 5.74) is -0.200. The number of benzene rings is 1. The average Bonchev–Trinajstić information content (AvgIpc) is 2.37. The lowest BCUT2D eigenvalue weighted by atomic mass is 10.0. The zero-order valence-electron chi connectivity index (χ0n) is 11.0. The Morgan fingerprint density at radius 3 is 2.70 bits per heavy atom. The highest BCUT2D eigenvalue weighted by molar-refractivity contribution is 8.13. The fraction of sp³-hybridized carbons (Fsp3) is 0.462. The second-order valence-electron chi connectivity index (χ2n) is 4.92. The van der Waals surface area contributed by atoms with Crippen molar-refractivity contribution in [3.63, 3.8) is 0 Å². The summed E-state index contributed by atoms with van der Waals surface area (Å²) in [6, 6.07) is 2.94. The number of carbonyl (C=O) groups is 1. The van der Waals surface area contributed by atoms with Gasteiger partial charge < -0.3 is 4.90 Å². The number of hydrogen-bond donors (Lipinski definition) is 0. The molecule has 20 heavy (non-hydrogen) atoms. The standard InChI is InChI=1S/C13H15ClFNO3S/c1-9-4-2-3-7-16(9)13(17)11-8-10(15)5-6-12(11)20(14,18)19/h5-6,8-9H,2-4,7H2,1H3. The van der Waals surface area contributed by atoms with Gasteiger partial charge in [0.1, 0.15) is 5.82 Å². The van der Waals surface area contributed by atoms with Crippen LogP contribution in [0, 0.1) is 5.82 Å². The van der Waals surface area contributed by atoms with Crippen LogP contribution in [0.5, 0.6) is 0 Å². The predicted molar refractivity (Wildman–Crippen MR) is 73.8 cm³/mol. The van der Waals surface area contributed by atoms with Crippen molar-refractivity contribution in [1.29, 1.82) is 0 Å². The summed E-state index contributed by atoms with van der Waals surface area (Å²) in [5.74, 6) is -1.15. The summed E-state index contributed by atoms with van der Waals surface area (Å²) in [6.45, 7) is 2.43. The van der Waals surface area contributed by atoms with Crippen molar-refractivity contribution in [2.45, 2.75) is 37.1 Å². The number of hydrogen-bond acceptors (Lipinski definition) is 3. The third-order valence-corrected chi connectivity index (χ3v) is 4.88. The van der Waals surface area contributed by atoms with Crippen molar-refractivity contribution < 1.29 is 17.6 Å². The summed E-state index contributed by atoms with van der Waals surface area (Å²) in [6.07, 6.45) is 2.73. The zero-order valence-corrected chi connectivity index (χ0v) is 12.5. The molecular formula is C13H15ClFNO3S. The molecule has 0 spiro atoms. The molecule has 1 aliphatic rings. The molecule has 1 fully saturated rings. The molecule has 0 N–H and O–H groups in total. The quantitative estimate of drug-likeness (QED) is 0.788. The molecule has 1 heterocycles. The van der Waals surface area contributed by atoms with E-state index in [1.807, 2.05) is 6.92 Å². The van der Waals surface area contributed by atoms with Gasteiger partial charge in [0.25, 0.3) is 15.0 Å².